The van der Waals surface area contributed by atoms with Crippen molar-refractivity contribution in [1.29, 1.82) is 0 Å². The molecule has 0 bridgehead atoms. The first kappa shape index (κ1) is 15.3. The second-order valence-corrected chi connectivity index (χ2v) is 4.86. The molecule has 6 nitrogen and oxygen atoms in total. The van der Waals surface area contributed by atoms with Gasteiger partial charge in [0.2, 0.25) is 0 Å². The first-order chi connectivity index (χ1) is 10.1. The highest BCUT2D eigenvalue weighted by molar-refractivity contribution is 5.97. The van der Waals surface area contributed by atoms with Crippen molar-refractivity contribution in [3.05, 3.63) is 29.8 Å². The summed E-state index contributed by atoms with van der Waals surface area (Å²) in [5, 5.41) is 9.12. The molecule has 0 aliphatic carbocycles. The van der Waals surface area contributed by atoms with Gasteiger partial charge in [0.15, 0.2) is 0 Å². The van der Waals surface area contributed by atoms with Gasteiger partial charge in [-0.1, -0.05) is 0 Å². The molecule has 1 aliphatic rings. The number of hydrogen-bond acceptors (Lipinski definition) is 4. The molecule has 1 aromatic rings. The summed E-state index contributed by atoms with van der Waals surface area (Å²) in [6.07, 6.45) is 1.24. The Morgan fingerprint density at radius 3 is 2.62 bits per heavy atom. The van der Waals surface area contributed by atoms with E-state index in [1.165, 1.54) is 4.90 Å². The van der Waals surface area contributed by atoms with Gasteiger partial charge < -0.3 is 19.5 Å². The van der Waals surface area contributed by atoms with Crippen molar-refractivity contribution in [2.75, 3.05) is 26.9 Å². The fourth-order valence-electron chi connectivity index (χ4n) is 2.37. The molecule has 1 atom stereocenters. The summed E-state index contributed by atoms with van der Waals surface area (Å²) < 4.78 is 10.3. The van der Waals surface area contributed by atoms with Gasteiger partial charge in [-0.2, -0.15) is 0 Å². The molecule has 0 aromatic heterocycles. The predicted octanol–water partition coefficient (Wildman–Crippen LogP) is 1.40. The van der Waals surface area contributed by atoms with Gasteiger partial charge >= 0.3 is 5.97 Å². The summed E-state index contributed by atoms with van der Waals surface area (Å²) in [6, 6.07) is 6.00. The molecule has 1 saturated heterocycles. The molecule has 1 heterocycles. The molecule has 6 heteroatoms. The highest BCUT2D eigenvalue weighted by Crippen LogP contribution is 2.21. The molecular formula is C15H19NO5. The summed E-state index contributed by atoms with van der Waals surface area (Å²) in [5.41, 5.74) is 0.474. The van der Waals surface area contributed by atoms with Crippen LogP contribution in [0.25, 0.3) is 0 Å². The van der Waals surface area contributed by atoms with Crippen LogP contribution in [0.1, 0.15) is 23.2 Å². The second-order valence-electron chi connectivity index (χ2n) is 4.86. The van der Waals surface area contributed by atoms with Crippen molar-refractivity contribution in [3.63, 3.8) is 0 Å². The van der Waals surface area contributed by atoms with Gasteiger partial charge in [0.25, 0.3) is 5.91 Å². The predicted molar refractivity (Wildman–Crippen MR) is 75.5 cm³/mol. The van der Waals surface area contributed by atoms with Crippen LogP contribution in [0.2, 0.25) is 0 Å². The van der Waals surface area contributed by atoms with Crippen LogP contribution in [-0.2, 0) is 9.53 Å². The normalized spacial score (nSPS) is 17.8. The van der Waals surface area contributed by atoms with Crippen LogP contribution in [0.4, 0.5) is 0 Å². The number of carbonyl (C=O) groups excluding carboxylic acids is 1. The number of nitrogens with zero attached hydrogens (tertiary/aromatic N) is 1. The van der Waals surface area contributed by atoms with Crippen LogP contribution in [0.3, 0.4) is 0 Å². The number of hydrogen-bond donors (Lipinski definition) is 1. The van der Waals surface area contributed by atoms with Crippen molar-refractivity contribution in [1.82, 2.24) is 4.90 Å². The first-order valence-corrected chi connectivity index (χ1v) is 6.89. The number of carbonyl (C=O) groups is 2. The average Bonchev–Trinajstić information content (AvgIpc) is 2.97. The Morgan fingerprint density at radius 2 is 2.00 bits per heavy atom. The molecule has 0 saturated carbocycles. The third-order valence-corrected chi connectivity index (χ3v) is 3.46. The van der Waals surface area contributed by atoms with E-state index in [2.05, 4.69) is 0 Å². The van der Waals surface area contributed by atoms with Crippen molar-refractivity contribution in [2.24, 2.45) is 0 Å². The molecule has 1 amide bonds. The van der Waals surface area contributed by atoms with E-state index >= 15 is 0 Å². The van der Waals surface area contributed by atoms with E-state index in [4.69, 9.17) is 14.6 Å². The molecule has 1 N–H and O–H groups in total. The average molecular weight is 293 g/mol. The summed E-state index contributed by atoms with van der Waals surface area (Å²) in [7, 11) is 1.60. The van der Waals surface area contributed by atoms with Crippen molar-refractivity contribution in [3.8, 4) is 5.75 Å². The van der Waals surface area contributed by atoms with E-state index in [0.717, 1.165) is 6.42 Å². The van der Waals surface area contributed by atoms with Crippen LogP contribution in [0.5, 0.6) is 5.75 Å². The third kappa shape index (κ3) is 3.72. The zero-order chi connectivity index (χ0) is 15.2. The zero-order valence-electron chi connectivity index (χ0n) is 11.9. The Bertz CT molecular complexity index is 499. The van der Waals surface area contributed by atoms with Crippen molar-refractivity contribution >= 4 is 11.9 Å². The minimum absolute atomic E-state index is 0.247. The number of amides is 1. The van der Waals surface area contributed by atoms with E-state index in [0.29, 0.717) is 37.5 Å². The van der Waals surface area contributed by atoms with E-state index in [1.54, 1.807) is 31.4 Å². The Hall–Kier alpha value is -2.08. The molecule has 1 aliphatic heterocycles. The number of benzene rings is 1. The van der Waals surface area contributed by atoms with Crippen LogP contribution in [-0.4, -0.2) is 54.8 Å². The van der Waals surface area contributed by atoms with Crippen LogP contribution < -0.4 is 4.74 Å². The molecule has 0 unspecified atom stereocenters. The van der Waals surface area contributed by atoms with E-state index in [1.807, 2.05) is 0 Å². The van der Waals surface area contributed by atoms with E-state index in [-0.39, 0.29) is 5.91 Å². The second kappa shape index (κ2) is 7.08. The maximum absolute atomic E-state index is 12.3. The monoisotopic (exact) mass is 293 g/mol. The SMILES string of the molecule is COCCOc1ccc(C(=O)N2CCC[C@H]2C(=O)O)cc1. The lowest BCUT2D eigenvalue weighted by Crippen LogP contribution is -2.40. The number of methoxy groups -OCH3 is 1. The lowest BCUT2D eigenvalue weighted by molar-refractivity contribution is -0.141. The lowest BCUT2D eigenvalue weighted by Gasteiger charge is -2.21. The van der Waals surface area contributed by atoms with Crippen molar-refractivity contribution in [2.45, 2.75) is 18.9 Å². The van der Waals surface area contributed by atoms with Crippen molar-refractivity contribution < 1.29 is 24.2 Å². The fraction of sp³-hybridized carbons (Fsp3) is 0.467. The van der Waals surface area contributed by atoms with Gasteiger partial charge in [-0.3, -0.25) is 4.79 Å². The molecule has 0 radical (unpaired) electrons. The third-order valence-electron chi connectivity index (χ3n) is 3.46. The fourth-order valence-corrected chi connectivity index (χ4v) is 2.37. The molecule has 21 heavy (non-hydrogen) atoms. The maximum atomic E-state index is 12.3. The summed E-state index contributed by atoms with van der Waals surface area (Å²) in [4.78, 5) is 24.9. The highest BCUT2D eigenvalue weighted by atomic mass is 16.5. The standard InChI is InChI=1S/C15H19NO5/c1-20-9-10-21-12-6-4-11(5-7-12)14(17)16-8-2-3-13(16)15(18)19/h4-7,13H,2-3,8-10H2,1H3,(H,18,19)/t13-/m0/s1. The minimum Gasteiger partial charge on any atom is -0.491 e. The molecule has 1 fully saturated rings. The number of carboxylic acid groups (broad SMARTS) is 1. The molecule has 114 valence electrons. The first-order valence-electron chi connectivity index (χ1n) is 6.89. The summed E-state index contributed by atoms with van der Waals surface area (Å²) in [5.74, 6) is -0.538. The minimum atomic E-state index is -0.944. The van der Waals surface area contributed by atoms with Gasteiger partial charge in [0.05, 0.1) is 6.61 Å². The Labute approximate surface area is 123 Å². The Balaban J connectivity index is 2.01. The highest BCUT2D eigenvalue weighted by Gasteiger charge is 2.34. The number of aliphatic carboxylic acids is 1. The Kier molecular flexibility index (Phi) is 5.16. The van der Waals surface area contributed by atoms with Gasteiger partial charge in [-0.15, -0.1) is 0 Å². The van der Waals surface area contributed by atoms with Gasteiger partial charge in [0, 0.05) is 19.2 Å². The molecule has 1 aromatic carbocycles. The number of likely N-dealkylation sites (tertiary alicyclic amines) is 1. The topological polar surface area (TPSA) is 76.1 Å². The number of ether oxygens (including phenoxy) is 2. The molecular weight excluding hydrogens is 274 g/mol. The Morgan fingerprint density at radius 1 is 1.29 bits per heavy atom. The van der Waals surface area contributed by atoms with Crippen LogP contribution in [0.15, 0.2) is 24.3 Å². The van der Waals surface area contributed by atoms with Crippen LogP contribution in [0, 0.1) is 0 Å². The quantitative estimate of drug-likeness (QED) is 0.802. The molecule has 2 rings (SSSR count). The maximum Gasteiger partial charge on any atom is 0.326 e. The number of carboxylic acids is 1. The zero-order valence-corrected chi connectivity index (χ0v) is 11.9. The lowest BCUT2D eigenvalue weighted by atomic mass is 10.1. The van der Waals surface area contributed by atoms with E-state index < -0.39 is 12.0 Å². The molecule has 0 spiro atoms. The van der Waals surface area contributed by atoms with Gasteiger partial charge in [-0.05, 0) is 37.1 Å². The summed E-state index contributed by atoms with van der Waals surface area (Å²) in [6.45, 7) is 1.42. The van der Waals surface area contributed by atoms with E-state index in [9.17, 15) is 9.59 Å². The smallest absolute Gasteiger partial charge is 0.326 e. The van der Waals surface area contributed by atoms with Crippen LogP contribution >= 0.6 is 0 Å². The van der Waals surface area contributed by atoms with Gasteiger partial charge in [-0.25, -0.2) is 4.79 Å². The largest absolute Gasteiger partial charge is 0.491 e. The summed E-state index contributed by atoms with van der Waals surface area (Å²) >= 11 is 0. The number of rotatable bonds is 6. The van der Waals surface area contributed by atoms with Gasteiger partial charge in [0.1, 0.15) is 18.4 Å².